The smallest absolute Gasteiger partial charge is 0.308 e. The number of carbonyl (C=O) groups excluding carboxylic acids is 2. The van der Waals surface area contributed by atoms with E-state index in [1.54, 1.807) is 0 Å². The predicted octanol–water partition coefficient (Wildman–Crippen LogP) is 0.290. The first-order chi connectivity index (χ1) is 9.70. The van der Waals surface area contributed by atoms with Crippen molar-refractivity contribution < 1.29 is 23.5 Å². The van der Waals surface area contributed by atoms with Crippen molar-refractivity contribution in [2.45, 2.75) is 31.4 Å². The van der Waals surface area contributed by atoms with Crippen molar-refractivity contribution in [1.29, 1.82) is 0 Å². The molecule has 1 N–H and O–H groups in total. The van der Waals surface area contributed by atoms with Gasteiger partial charge >= 0.3 is 5.97 Å². The number of nitrogens with one attached hydrogen (secondary N) is 1. The average molecular weight is 325 g/mol. The molecule has 0 bridgehead atoms. The quantitative estimate of drug-likeness (QED) is 0.711. The van der Waals surface area contributed by atoms with Crippen LogP contribution < -0.4 is 5.32 Å². The second kappa shape index (κ2) is 9.17. The first-order valence-corrected chi connectivity index (χ1v) is 7.06. The highest BCUT2D eigenvalue weighted by Gasteiger charge is 2.30. The van der Waals surface area contributed by atoms with Crippen LogP contribution >= 0.6 is 12.4 Å². The fourth-order valence-corrected chi connectivity index (χ4v) is 2.46. The van der Waals surface area contributed by atoms with Crippen LogP contribution in [0.5, 0.6) is 0 Å². The molecule has 0 aromatic carbocycles. The van der Waals surface area contributed by atoms with Gasteiger partial charge in [-0.05, 0) is 12.8 Å². The van der Waals surface area contributed by atoms with E-state index in [1.807, 2.05) is 0 Å². The molecule has 0 aromatic heterocycles. The van der Waals surface area contributed by atoms with Crippen molar-refractivity contribution in [3.05, 3.63) is 0 Å². The van der Waals surface area contributed by atoms with E-state index in [4.69, 9.17) is 9.47 Å². The number of nitrogens with zero attached hydrogens (tertiary/aromatic N) is 1. The maximum Gasteiger partial charge on any atom is 0.308 e. The zero-order chi connectivity index (χ0) is 14.4. The number of hydrogen-bond donors (Lipinski definition) is 1. The lowest BCUT2D eigenvalue weighted by Crippen LogP contribution is -2.56. The summed E-state index contributed by atoms with van der Waals surface area (Å²) in [4.78, 5) is 25.1. The third-order valence-electron chi connectivity index (χ3n) is 3.56. The van der Waals surface area contributed by atoms with E-state index in [0.717, 1.165) is 12.8 Å². The van der Waals surface area contributed by atoms with Crippen molar-refractivity contribution in [3.8, 4) is 0 Å². The van der Waals surface area contributed by atoms with E-state index in [-0.39, 0.29) is 44.0 Å². The van der Waals surface area contributed by atoms with Crippen molar-refractivity contribution in [2.75, 3.05) is 39.5 Å². The summed E-state index contributed by atoms with van der Waals surface area (Å²) in [5.41, 5.74) is 0. The van der Waals surface area contributed by atoms with Crippen LogP contribution in [0.2, 0.25) is 0 Å². The maximum atomic E-state index is 12.3. The van der Waals surface area contributed by atoms with Gasteiger partial charge in [0.15, 0.2) is 0 Å². The molecule has 2 rings (SSSR count). The highest BCUT2D eigenvalue weighted by molar-refractivity contribution is 5.87. The number of hydrogen-bond acceptors (Lipinski definition) is 5. The molecule has 2 aliphatic rings. The zero-order valence-corrected chi connectivity index (χ0v) is 12.7. The summed E-state index contributed by atoms with van der Waals surface area (Å²) >= 11 is 0. The van der Waals surface area contributed by atoms with Crippen molar-refractivity contribution in [2.24, 2.45) is 0 Å². The van der Waals surface area contributed by atoms with Gasteiger partial charge in [0.2, 0.25) is 5.91 Å². The number of amides is 1. The molecule has 0 saturated carbocycles. The first kappa shape index (κ1) is 18.1. The lowest BCUT2D eigenvalue weighted by molar-refractivity contribution is -0.151. The van der Waals surface area contributed by atoms with Gasteiger partial charge in [0.25, 0.3) is 0 Å². The summed E-state index contributed by atoms with van der Waals surface area (Å²) in [7, 11) is 0. The molecule has 6 nitrogen and oxygen atoms in total. The number of rotatable bonds is 6. The Hall–Kier alpha value is -0.920. The number of alkyl halides is 1. The molecule has 1 amide bonds. The first-order valence-electron chi connectivity index (χ1n) is 7.06. The zero-order valence-electron chi connectivity index (χ0n) is 11.9. The van der Waals surface area contributed by atoms with Gasteiger partial charge in [-0.15, -0.1) is 12.4 Å². The Morgan fingerprint density at radius 3 is 3.00 bits per heavy atom. The van der Waals surface area contributed by atoms with Crippen LogP contribution in [0, 0.1) is 0 Å². The highest BCUT2D eigenvalue weighted by Crippen LogP contribution is 2.13. The molecule has 2 unspecified atom stereocenters. The van der Waals surface area contributed by atoms with Crippen LogP contribution in [-0.4, -0.2) is 68.4 Å². The lowest BCUT2D eigenvalue weighted by atomic mass is 10.1. The van der Waals surface area contributed by atoms with Gasteiger partial charge in [0.05, 0.1) is 18.6 Å². The second-order valence-electron chi connectivity index (χ2n) is 5.04. The van der Waals surface area contributed by atoms with E-state index >= 15 is 0 Å². The minimum atomic E-state index is -0.604. The van der Waals surface area contributed by atoms with Crippen LogP contribution in [0.15, 0.2) is 0 Å². The number of esters is 1. The van der Waals surface area contributed by atoms with Crippen molar-refractivity contribution >= 4 is 24.3 Å². The van der Waals surface area contributed by atoms with Crippen LogP contribution in [0.4, 0.5) is 4.39 Å². The van der Waals surface area contributed by atoms with Crippen molar-refractivity contribution in [1.82, 2.24) is 10.2 Å². The Morgan fingerprint density at radius 1 is 1.52 bits per heavy atom. The normalized spacial score (nSPS) is 25.6. The predicted molar refractivity (Wildman–Crippen MR) is 76.1 cm³/mol. The molecule has 0 aromatic rings. The van der Waals surface area contributed by atoms with Gasteiger partial charge in [-0.2, -0.15) is 0 Å². The minimum absolute atomic E-state index is 0. The van der Waals surface area contributed by atoms with Crippen LogP contribution in [0.25, 0.3) is 0 Å². The Bertz CT molecular complexity index is 351. The summed E-state index contributed by atoms with van der Waals surface area (Å²) in [5, 5.41) is 2.97. The molecule has 2 atom stereocenters. The van der Waals surface area contributed by atoms with E-state index in [9.17, 15) is 14.0 Å². The number of carbonyl (C=O) groups is 2. The maximum absolute atomic E-state index is 12.3. The number of halogens is 2. The van der Waals surface area contributed by atoms with Crippen molar-refractivity contribution in [3.63, 3.8) is 0 Å². The summed E-state index contributed by atoms with van der Waals surface area (Å²) in [6, 6.07) is -0.604. The average Bonchev–Trinajstić information content (AvgIpc) is 2.94. The molecule has 122 valence electrons. The Morgan fingerprint density at radius 2 is 2.33 bits per heavy atom. The van der Waals surface area contributed by atoms with Gasteiger partial charge < -0.3 is 19.7 Å². The van der Waals surface area contributed by atoms with Gasteiger partial charge in [-0.25, -0.2) is 4.39 Å². The second-order valence-corrected chi connectivity index (χ2v) is 5.04. The standard InChI is InChI=1S/C13H21FN2O4.ClH/c14-3-5-16-6-4-15-11(13(16)18)8-12(17)20-9-10-2-1-7-19-10;/h10-11,15H,1-9H2;1H. The fourth-order valence-electron chi connectivity index (χ4n) is 2.46. The lowest BCUT2D eigenvalue weighted by Gasteiger charge is -2.32. The molecule has 0 spiro atoms. The Kier molecular flexibility index (Phi) is 7.92. The van der Waals surface area contributed by atoms with E-state index in [2.05, 4.69) is 5.32 Å². The van der Waals surface area contributed by atoms with Gasteiger partial charge in [0, 0.05) is 26.2 Å². The van der Waals surface area contributed by atoms with Crippen LogP contribution in [0.1, 0.15) is 19.3 Å². The van der Waals surface area contributed by atoms with E-state index in [1.165, 1.54) is 4.90 Å². The summed E-state index contributed by atoms with van der Waals surface area (Å²) in [5.74, 6) is -0.656. The largest absolute Gasteiger partial charge is 0.463 e. The fraction of sp³-hybridized carbons (Fsp3) is 0.846. The molecule has 2 aliphatic heterocycles. The van der Waals surface area contributed by atoms with E-state index < -0.39 is 18.7 Å². The summed E-state index contributed by atoms with van der Waals surface area (Å²) < 4.78 is 22.8. The molecule has 2 heterocycles. The topological polar surface area (TPSA) is 67.9 Å². The molecule has 0 aliphatic carbocycles. The molecule has 2 fully saturated rings. The number of ether oxygens (including phenoxy) is 2. The molecule has 0 radical (unpaired) electrons. The molecular formula is C13H22ClFN2O4. The number of piperazine rings is 1. The van der Waals surface area contributed by atoms with Crippen LogP contribution in [0.3, 0.4) is 0 Å². The summed E-state index contributed by atoms with van der Waals surface area (Å²) in [6.45, 7) is 1.51. The Labute approximate surface area is 129 Å². The highest BCUT2D eigenvalue weighted by atomic mass is 35.5. The molecule has 2 saturated heterocycles. The van der Waals surface area contributed by atoms with Gasteiger partial charge in [0.1, 0.15) is 13.3 Å². The van der Waals surface area contributed by atoms with Gasteiger partial charge in [-0.1, -0.05) is 0 Å². The SMILES string of the molecule is Cl.O=C(CC1NCCN(CCF)C1=O)OCC1CCCO1. The third-order valence-corrected chi connectivity index (χ3v) is 3.56. The monoisotopic (exact) mass is 324 g/mol. The van der Waals surface area contributed by atoms with E-state index in [0.29, 0.717) is 19.7 Å². The van der Waals surface area contributed by atoms with Crippen LogP contribution in [-0.2, 0) is 19.1 Å². The molecule has 21 heavy (non-hydrogen) atoms. The van der Waals surface area contributed by atoms with Gasteiger partial charge in [-0.3, -0.25) is 9.59 Å². The Balaban J connectivity index is 0.00000220. The third kappa shape index (κ3) is 5.41. The molecular weight excluding hydrogens is 303 g/mol. The minimum Gasteiger partial charge on any atom is -0.463 e. The molecule has 8 heteroatoms. The summed E-state index contributed by atoms with van der Waals surface area (Å²) in [6.07, 6.45) is 1.85.